The van der Waals surface area contributed by atoms with E-state index in [1.807, 2.05) is 44.4 Å². The Kier molecular flexibility index (Phi) is 5.66. The minimum atomic E-state index is -3.88. The van der Waals surface area contributed by atoms with Gasteiger partial charge in [-0.15, -0.1) is 12.4 Å². The lowest BCUT2D eigenvalue weighted by atomic mass is 10.1. The number of nitrogens with zero attached hydrogens (tertiary/aromatic N) is 5. The van der Waals surface area contributed by atoms with Gasteiger partial charge in [0.1, 0.15) is 0 Å². The molecule has 2 aliphatic rings. The SMILES string of the molecule is Cc1ccc(S(=O)(=O)n2c(-c3cnn(C)c3)cc3c(N4CC5CCC(C4)N5)ccnc32)cc1.Cl. The van der Waals surface area contributed by atoms with E-state index < -0.39 is 10.0 Å². The standard InChI is InChI=1S/C24H26N6O2S.ClH/c1-16-3-7-20(8-4-16)33(31,32)30-23(17-12-26-28(2)13-17)11-21-22(9-10-25-24(21)30)29-14-18-5-6-19(15-29)27-18;/h3-4,7-13,18-19,27H,5-6,14-15H2,1-2H3;1H. The summed E-state index contributed by atoms with van der Waals surface area (Å²) in [6, 6.07) is 11.8. The second-order valence-electron chi connectivity index (χ2n) is 9.12. The molecule has 6 rings (SSSR count). The molecular formula is C24H27ClN6O2S. The smallest absolute Gasteiger partial charge is 0.269 e. The number of fused-ring (bicyclic) bond motifs is 3. The Balaban J connectivity index is 0.00000241. The minimum absolute atomic E-state index is 0. The van der Waals surface area contributed by atoms with Crippen molar-refractivity contribution in [2.24, 2.45) is 7.05 Å². The van der Waals surface area contributed by atoms with Gasteiger partial charge in [-0.1, -0.05) is 17.7 Å². The van der Waals surface area contributed by atoms with Crippen molar-refractivity contribution in [1.82, 2.24) is 24.1 Å². The lowest BCUT2D eigenvalue weighted by Gasteiger charge is -2.34. The van der Waals surface area contributed by atoms with Gasteiger partial charge in [-0.25, -0.2) is 17.4 Å². The average Bonchev–Trinajstić information content (AvgIpc) is 3.50. The van der Waals surface area contributed by atoms with Crippen molar-refractivity contribution in [3.63, 3.8) is 0 Å². The maximum Gasteiger partial charge on any atom is 0.269 e. The van der Waals surface area contributed by atoms with Gasteiger partial charge in [0.25, 0.3) is 10.0 Å². The van der Waals surface area contributed by atoms with Crippen LogP contribution in [0.5, 0.6) is 0 Å². The second kappa shape index (κ2) is 8.41. The van der Waals surface area contributed by atoms with Crippen molar-refractivity contribution >= 4 is 39.2 Å². The number of piperazine rings is 1. The number of hydrogen-bond donors (Lipinski definition) is 1. The fourth-order valence-electron chi connectivity index (χ4n) is 5.14. The highest BCUT2D eigenvalue weighted by atomic mass is 35.5. The molecular weight excluding hydrogens is 472 g/mol. The Bertz CT molecular complexity index is 1450. The molecule has 5 heterocycles. The van der Waals surface area contributed by atoms with E-state index in [2.05, 4.69) is 20.3 Å². The van der Waals surface area contributed by atoms with Crippen molar-refractivity contribution in [2.45, 2.75) is 36.7 Å². The van der Waals surface area contributed by atoms with Gasteiger partial charge < -0.3 is 10.2 Å². The zero-order chi connectivity index (χ0) is 22.7. The molecule has 2 atom stereocenters. The summed E-state index contributed by atoms with van der Waals surface area (Å²) in [6.07, 6.45) is 7.61. The van der Waals surface area contributed by atoms with Gasteiger partial charge in [0.15, 0.2) is 5.65 Å². The third-order valence-corrected chi connectivity index (χ3v) is 8.47. The van der Waals surface area contributed by atoms with E-state index in [1.165, 1.54) is 16.8 Å². The molecule has 2 bridgehead atoms. The first-order valence-electron chi connectivity index (χ1n) is 11.2. The molecule has 34 heavy (non-hydrogen) atoms. The number of aryl methyl sites for hydroxylation is 2. The van der Waals surface area contributed by atoms with E-state index in [9.17, 15) is 8.42 Å². The highest BCUT2D eigenvalue weighted by Crippen LogP contribution is 2.37. The van der Waals surface area contributed by atoms with Crippen molar-refractivity contribution in [2.75, 3.05) is 18.0 Å². The lowest BCUT2D eigenvalue weighted by molar-refractivity contribution is 0.466. The van der Waals surface area contributed by atoms with E-state index in [4.69, 9.17) is 0 Å². The minimum Gasteiger partial charge on any atom is -0.368 e. The van der Waals surface area contributed by atoms with Gasteiger partial charge in [-0.3, -0.25) is 4.68 Å². The van der Waals surface area contributed by atoms with Crippen LogP contribution in [0.15, 0.2) is 59.9 Å². The topological polar surface area (TPSA) is 85.0 Å². The number of hydrogen-bond acceptors (Lipinski definition) is 6. The summed E-state index contributed by atoms with van der Waals surface area (Å²) in [5, 5.41) is 8.79. The predicted octanol–water partition coefficient (Wildman–Crippen LogP) is 3.34. The van der Waals surface area contributed by atoms with Crippen molar-refractivity contribution in [1.29, 1.82) is 0 Å². The molecule has 2 unspecified atom stereocenters. The second-order valence-corrected chi connectivity index (χ2v) is 10.9. The molecule has 0 spiro atoms. The van der Waals surface area contributed by atoms with Crippen LogP contribution in [0.4, 0.5) is 5.69 Å². The number of rotatable bonds is 4. The molecule has 0 aliphatic carbocycles. The summed E-state index contributed by atoms with van der Waals surface area (Å²) in [5.41, 5.74) is 3.78. The summed E-state index contributed by atoms with van der Waals surface area (Å²) < 4.78 is 30.8. The Morgan fingerprint density at radius 3 is 2.41 bits per heavy atom. The highest BCUT2D eigenvalue weighted by Gasteiger charge is 2.34. The normalized spacial score (nSPS) is 20.0. The summed E-state index contributed by atoms with van der Waals surface area (Å²) >= 11 is 0. The predicted molar refractivity (Wildman–Crippen MR) is 135 cm³/mol. The third kappa shape index (κ3) is 3.68. The molecule has 178 valence electrons. The number of benzene rings is 1. The molecule has 1 aromatic carbocycles. The summed E-state index contributed by atoms with van der Waals surface area (Å²) in [6.45, 7) is 3.76. The first-order chi connectivity index (χ1) is 15.9. The van der Waals surface area contributed by atoms with Gasteiger partial charge >= 0.3 is 0 Å². The molecule has 3 aromatic heterocycles. The number of nitrogens with one attached hydrogen (secondary N) is 1. The van der Waals surface area contributed by atoms with Crippen LogP contribution in [-0.2, 0) is 17.1 Å². The van der Waals surface area contributed by atoms with Gasteiger partial charge in [0.2, 0.25) is 0 Å². The van der Waals surface area contributed by atoms with Crippen LogP contribution in [-0.4, -0.2) is 52.3 Å². The van der Waals surface area contributed by atoms with Crippen LogP contribution >= 0.6 is 12.4 Å². The molecule has 0 amide bonds. The quantitative estimate of drug-likeness (QED) is 0.464. The number of pyridine rings is 1. The number of halogens is 1. The van der Waals surface area contributed by atoms with E-state index in [0.29, 0.717) is 23.4 Å². The Labute approximate surface area is 205 Å². The zero-order valence-corrected chi connectivity index (χ0v) is 20.7. The highest BCUT2D eigenvalue weighted by molar-refractivity contribution is 7.90. The largest absolute Gasteiger partial charge is 0.368 e. The van der Waals surface area contributed by atoms with Crippen molar-refractivity contribution in [3.05, 3.63) is 60.6 Å². The Morgan fingerprint density at radius 2 is 1.76 bits per heavy atom. The van der Waals surface area contributed by atoms with Gasteiger partial charge in [-0.05, 0) is 44.0 Å². The van der Waals surface area contributed by atoms with E-state index in [1.54, 1.807) is 29.2 Å². The van der Waals surface area contributed by atoms with E-state index in [-0.39, 0.29) is 17.3 Å². The number of anilines is 1. The van der Waals surface area contributed by atoms with Crippen LogP contribution in [0.25, 0.3) is 22.3 Å². The van der Waals surface area contributed by atoms with E-state index >= 15 is 0 Å². The molecule has 2 saturated heterocycles. The molecule has 2 aliphatic heterocycles. The van der Waals surface area contributed by atoms with Crippen LogP contribution in [0.1, 0.15) is 18.4 Å². The number of aromatic nitrogens is 4. The molecule has 4 aromatic rings. The molecule has 1 N–H and O–H groups in total. The maximum atomic E-state index is 13.9. The first kappa shape index (κ1) is 22.9. The van der Waals surface area contributed by atoms with Gasteiger partial charge in [0.05, 0.1) is 16.8 Å². The molecule has 2 fully saturated rings. The van der Waals surface area contributed by atoms with Gasteiger partial charge in [0, 0.05) is 61.3 Å². The summed E-state index contributed by atoms with van der Waals surface area (Å²) in [4.78, 5) is 7.18. The molecule has 8 nitrogen and oxygen atoms in total. The van der Waals surface area contributed by atoms with Crippen molar-refractivity contribution in [3.8, 4) is 11.3 Å². The molecule has 0 saturated carbocycles. The van der Waals surface area contributed by atoms with E-state index in [0.717, 1.165) is 35.3 Å². The zero-order valence-electron chi connectivity index (χ0n) is 19.0. The van der Waals surface area contributed by atoms with Crippen LogP contribution in [0, 0.1) is 6.92 Å². The van der Waals surface area contributed by atoms with Gasteiger partial charge in [-0.2, -0.15) is 5.10 Å². The Morgan fingerprint density at radius 1 is 1.06 bits per heavy atom. The van der Waals surface area contributed by atoms with Crippen LogP contribution < -0.4 is 10.2 Å². The first-order valence-corrected chi connectivity index (χ1v) is 12.7. The average molecular weight is 499 g/mol. The fraction of sp³-hybridized carbons (Fsp3) is 0.333. The monoisotopic (exact) mass is 498 g/mol. The van der Waals surface area contributed by atoms with Crippen molar-refractivity contribution < 1.29 is 8.42 Å². The fourth-order valence-corrected chi connectivity index (χ4v) is 6.63. The Hall–Kier alpha value is -2.88. The third-order valence-electron chi connectivity index (χ3n) is 6.76. The molecule has 10 heteroatoms. The lowest BCUT2D eigenvalue weighted by Crippen LogP contribution is -2.51. The van der Waals surface area contributed by atoms with Crippen LogP contribution in [0.3, 0.4) is 0 Å². The van der Waals surface area contributed by atoms with Crippen LogP contribution in [0.2, 0.25) is 0 Å². The summed E-state index contributed by atoms with van der Waals surface area (Å²) in [5.74, 6) is 0. The summed E-state index contributed by atoms with van der Waals surface area (Å²) in [7, 11) is -2.05. The maximum absolute atomic E-state index is 13.9. The molecule has 0 radical (unpaired) electrons.